The third-order valence-electron chi connectivity index (χ3n) is 3.02. The molecule has 7 heteroatoms. The van der Waals surface area contributed by atoms with Crippen LogP contribution in [0, 0.1) is 0 Å². The molecule has 0 N–H and O–H groups in total. The van der Waals surface area contributed by atoms with Gasteiger partial charge < -0.3 is 0 Å². The van der Waals surface area contributed by atoms with Gasteiger partial charge in [0.25, 0.3) is 0 Å². The van der Waals surface area contributed by atoms with Gasteiger partial charge in [-0.1, -0.05) is 18.2 Å². The lowest BCUT2D eigenvalue weighted by atomic mass is 10.0. The van der Waals surface area contributed by atoms with Crippen LogP contribution in [0.1, 0.15) is 21.6 Å². The summed E-state index contributed by atoms with van der Waals surface area (Å²) in [4.78, 5) is 17.1. The summed E-state index contributed by atoms with van der Waals surface area (Å²) in [5, 5.41) is 1.84. The van der Waals surface area contributed by atoms with Crippen molar-refractivity contribution in [2.24, 2.45) is 0 Å². The number of imidazole rings is 1. The summed E-state index contributed by atoms with van der Waals surface area (Å²) in [5.41, 5.74) is -0.763. The summed E-state index contributed by atoms with van der Waals surface area (Å²) < 4.78 is 40.4. The van der Waals surface area contributed by atoms with E-state index in [-0.39, 0.29) is 12.0 Å². The van der Waals surface area contributed by atoms with E-state index in [0.29, 0.717) is 10.7 Å². The molecule has 0 radical (unpaired) electrons. The van der Waals surface area contributed by atoms with E-state index in [0.717, 1.165) is 6.07 Å². The predicted octanol–water partition coefficient (Wildman–Crippen LogP) is 3.84. The SMILES string of the molecule is O=C(Cc1cn2ccsc2n1)c1ccccc1C(F)(F)F. The van der Waals surface area contributed by atoms with Gasteiger partial charge in [-0.15, -0.1) is 11.3 Å². The highest BCUT2D eigenvalue weighted by Crippen LogP contribution is 2.32. The van der Waals surface area contributed by atoms with Crippen LogP contribution in [-0.2, 0) is 12.6 Å². The van der Waals surface area contributed by atoms with Crippen LogP contribution in [-0.4, -0.2) is 15.2 Å². The van der Waals surface area contributed by atoms with Crippen LogP contribution in [0.3, 0.4) is 0 Å². The molecule has 0 saturated heterocycles. The Balaban J connectivity index is 1.90. The Morgan fingerprint density at radius 2 is 2.05 bits per heavy atom. The molecule has 0 unspecified atom stereocenters. The first-order valence-electron chi connectivity index (χ1n) is 6.05. The lowest BCUT2D eigenvalue weighted by molar-refractivity contribution is -0.137. The number of Topliss-reactive ketones (excluding diaryl/α,β-unsaturated/α-hetero) is 1. The first kappa shape index (κ1) is 13.8. The number of nitrogens with zero attached hydrogens (tertiary/aromatic N) is 2. The van der Waals surface area contributed by atoms with Crippen LogP contribution in [0.5, 0.6) is 0 Å². The number of ketones is 1. The van der Waals surface area contributed by atoms with Crippen molar-refractivity contribution in [3.05, 3.63) is 58.9 Å². The zero-order valence-corrected chi connectivity index (χ0v) is 11.4. The monoisotopic (exact) mass is 310 g/mol. The van der Waals surface area contributed by atoms with E-state index >= 15 is 0 Å². The molecule has 0 aliphatic carbocycles. The van der Waals surface area contributed by atoms with Gasteiger partial charge in [0.2, 0.25) is 0 Å². The number of hydrogen-bond donors (Lipinski definition) is 0. The standard InChI is InChI=1S/C14H9F3N2OS/c15-14(16,17)11-4-2-1-3-10(11)12(20)7-9-8-19-5-6-21-13(19)18-9/h1-6,8H,7H2. The molecule has 2 aromatic heterocycles. The van der Waals surface area contributed by atoms with E-state index in [1.165, 1.54) is 29.5 Å². The highest BCUT2D eigenvalue weighted by atomic mass is 32.1. The fraction of sp³-hybridized carbons (Fsp3) is 0.143. The average Bonchev–Trinajstić information content (AvgIpc) is 2.98. The molecule has 1 aromatic carbocycles. The summed E-state index contributed by atoms with van der Waals surface area (Å²) in [6.45, 7) is 0. The van der Waals surface area contributed by atoms with Crippen molar-refractivity contribution >= 4 is 22.1 Å². The van der Waals surface area contributed by atoms with Crippen molar-refractivity contribution in [1.29, 1.82) is 0 Å². The Hall–Kier alpha value is -2.15. The summed E-state index contributed by atoms with van der Waals surface area (Å²) in [5.74, 6) is -0.589. The molecule has 0 aliphatic heterocycles. The van der Waals surface area contributed by atoms with E-state index in [2.05, 4.69) is 4.98 Å². The van der Waals surface area contributed by atoms with Crippen LogP contribution in [0.25, 0.3) is 4.96 Å². The third-order valence-corrected chi connectivity index (χ3v) is 3.79. The maximum absolute atomic E-state index is 12.9. The maximum atomic E-state index is 12.9. The number of benzene rings is 1. The molecule has 21 heavy (non-hydrogen) atoms. The van der Waals surface area contributed by atoms with E-state index < -0.39 is 17.5 Å². The number of thiazole rings is 1. The molecular formula is C14H9F3N2OS. The van der Waals surface area contributed by atoms with Gasteiger partial charge in [-0.05, 0) is 6.07 Å². The van der Waals surface area contributed by atoms with Crippen LogP contribution < -0.4 is 0 Å². The van der Waals surface area contributed by atoms with Gasteiger partial charge in [-0.2, -0.15) is 13.2 Å². The van der Waals surface area contributed by atoms with Crippen LogP contribution in [0.15, 0.2) is 42.0 Å². The fourth-order valence-electron chi connectivity index (χ4n) is 2.09. The number of aromatic nitrogens is 2. The van der Waals surface area contributed by atoms with Crippen LogP contribution in [0.2, 0.25) is 0 Å². The number of rotatable bonds is 3. The first-order chi connectivity index (χ1) is 9.95. The largest absolute Gasteiger partial charge is 0.417 e. The van der Waals surface area contributed by atoms with Gasteiger partial charge in [0.05, 0.1) is 17.7 Å². The van der Waals surface area contributed by atoms with E-state index in [1.807, 2.05) is 5.38 Å². The highest BCUT2D eigenvalue weighted by Gasteiger charge is 2.34. The van der Waals surface area contributed by atoms with E-state index in [9.17, 15) is 18.0 Å². The number of carbonyl (C=O) groups is 1. The molecule has 0 spiro atoms. The number of carbonyl (C=O) groups excluding carboxylic acids is 1. The summed E-state index contributed by atoms with van der Waals surface area (Å²) in [7, 11) is 0. The second-order valence-corrected chi connectivity index (χ2v) is 5.34. The predicted molar refractivity (Wildman–Crippen MR) is 72.5 cm³/mol. The number of halogens is 3. The molecular weight excluding hydrogens is 301 g/mol. The van der Waals surface area contributed by atoms with Crippen molar-refractivity contribution < 1.29 is 18.0 Å². The first-order valence-corrected chi connectivity index (χ1v) is 6.93. The molecule has 3 nitrogen and oxygen atoms in total. The zero-order chi connectivity index (χ0) is 15.0. The Bertz CT molecular complexity index is 775. The minimum Gasteiger partial charge on any atom is -0.297 e. The fourth-order valence-corrected chi connectivity index (χ4v) is 2.81. The topological polar surface area (TPSA) is 34.4 Å². The van der Waals surface area contributed by atoms with Gasteiger partial charge in [0.1, 0.15) is 0 Å². The molecule has 0 atom stereocenters. The molecule has 0 fully saturated rings. The average molecular weight is 310 g/mol. The molecule has 0 saturated carbocycles. The molecule has 0 amide bonds. The Morgan fingerprint density at radius 1 is 1.29 bits per heavy atom. The van der Waals surface area contributed by atoms with E-state index in [1.54, 1.807) is 16.8 Å². The summed E-state index contributed by atoms with van der Waals surface area (Å²) >= 11 is 1.40. The van der Waals surface area contributed by atoms with Crippen LogP contribution in [0.4, 0.5) is 13.2 Å². The van der Waals surface area contributed by atoms with Crippen molar-refractivity contribution in [2.45, 2.75) is 12.6 Å². The normalized spacial score (nSPS) is 12.0. The summed E-state index contributed by atoms with van der Waals surface area (Å²) in [6, 6.07) is 4.81. The van der Waals surface area contributed by atoms with Crippen molar-refractivity contribution in [2.75, 3.05) is 0 Å². The molecule has 3 rings (SSSR count). The summed E-state index contributed by atoms with van der Waals surface area (Å²) in [6.07, 6.45) is -1.26. The van der Waals surface area contributed by atoms with Crippen LogP contribution >= 0.6 is 11.3 Å². The number of hydrogen-bond acceptors (Lipinski definition) is 3. The lowest BCUT2D eigenvalue weighted by Gasteiger charge is -2.11. The molecule has 108 valence electrons. The second kappa shape index (κ2) is 5.00. The molecule has 0 bridgehead atoms. The molecule has 2 heterocycles. The Morgan fingerprint density at radius 3 is 2.76 bits per heavy atom. The van der Waals surface area contributed by atoms with Gasteiger partial charge >= 0.3 is 6.18 Å². The smallest absolute Gasteiger partial charge is 0.297 e. The maximum Gasteiger partial charge on any atom is 0.417 e. The Labute approximate surface area is 121 Å². The highest BCUT2D eigenvalue weighted by molar-refractivity contribution is 7.15. The zero-order valence-electron chi connectivity index (χ0n) is 10.6. The van der Waals surface area contributed by atoms with Crippen molar-refractivity contribution in [3.8, 4) is 0 Å². The molecule has 3 aromatic rings. The van der Waals surface area contributed by atoms with E-state index in [4.69, 9.17) is 0 Å². The molecule has 0 aliphatic rings. The lowest BCUT2D eigenvalue weighted by Crippen LogP contribution is -2.14. The van der Waals surface area contributed by atoms with Crippen molar-refractivity contribution in [3.63, 3.8) is 0 Å². The number of fused-ring (bicyclic) bond motifs is 1. The second-order valence-electron chi connectivity index (χ2n) is 4.47. The quantitative estimate of drug-likeness (QED) is 0.689. The Kier molecular flexibility index (Phi) is 3.29. The van der Waals surface area contributed by atoms with Gasteiger partial charge in [0, 0.05) is 23.3 Å². The number of alkyl halides is 3. The van der Waals surface area contributed by atoms with Crippen molar-refractivity contribution in [1.82, 2.24) is 9.38 Å². The minimum absolute atomic E-state index is 0.151. The van der Waals surface area contributed by atoms with Gasteiger partial charge in [-0.25, -0.2) is 4.98 Å². The minimum atomic E-state index is -4.54. The van der Waals surface area contributed by atoms with Gasteiger partial charge in [0.15, 0.2) is 10.7 Å². The third kappa shape index (κ3) is 2.69. The van der Waals surface area contributed by atoms with Gasteiger partial charge in [-0.3, -0.25) is 9.20 Å².